The van der Waals surface area contributed by atoms with E-state index >= 15 is 0 Å². The smallest absolute Gasteiger partial charge is 0.310 e. The molecule has 2 heterocycles. The van der Waals surface area contributed by atoms with Crippen LogP contribution in [0, 0.1) is 10.8 Å². The van der Waals surface area contributed by atoms with Gasteiger partial charge in [-0.2, -0.15) is 0 Å². The van der Waals surface area contributed by atoms with Gasteiger partial charge in [-0.05, 0) is 73.8 Å². The second-order valence-electron chi connectivity index (χ2n) is 11.5. The summed E-state index contributed by atoms with van der Waals surface area (Å²) in [5.41, 5.74) is 3.59. The van der Waals surface area contributed by atoms with E-state index in [4.69, 9.17) is 4.99 Å². The summed E-state index contributed by atoms with van der Waals surface area (Å²) in [6, 6.07) is 7.89. The molecule has 1 aromatic heterocycles. The van der Waals surface area contributed by atoms with Gasteiger partial charge in [-0.15, -0.1) is 0 Å². The van der Waals surface area contributed by atoms with E-state index < -0.39 is 11.4 Å². The van der Waals surface area contributed by atoms with Gasteiger partial charge in [0.2, 0.25) is 0 Å². The number of amides is 1. The monoisotopic (exact) mass is 497 g/mol. The Bertz CT molecular complexity index is 1460. The average Bonchev–Trinajstić information content (AvgIpc) is 3.83. The number of aliphatic hydroxyl groups is 1. The van der Waals surface area contributed by atoms with Gasteiger partial charge in [0, 0.05) is 35.3 Å². The van der Waals surface area contributed by atoms with Crippen LogP contribution >= 0.6 is 0 Å². The minimum absolute atomic E-state index is 0.0592. The number of aromatic nitrogens is 1. The zero-order valence-electron chi connectivity index (χ0n) is 20.7. The van der Waals surface area contributed by atoms with Crippen molar-refractivity contribution in [2.75, 3.05) is 6.61 Å². The maximum Gasteiger partial charge on any atom is 0.310 e. The molecule has 0 saturated heterocycles. The van der Waals surface area contributed by atoms with E-state index in [1.807, 2.05) is 36.7 Å². The van der Waals surface area contributed by atoms with Gasteiger partial charge in [-0.25, -0.2) is 0 Å². The zero-order chi connectivity index (χ0) is 25.4. The molecule has 7 rings (SSSR count). The average molecular weight is 498 g/mol. The molecular formula is C30H31N3O4. The lowest BCUT2D eigenvalue weighted by molar-refractivity contribution is -0.141. The largest absolute Gasteiger partial charge is 0.481 e. The molecule has 5 aliphatic rings. The molecule has 7 heteroatoms. The highest BCUT2D eigenvalue weighted by atomic mass is 16.4. The Hall–Kier alpha value is -3.45. The number of aliphatic hydroxyl groups excluding tert-OH is 1. The number of fused-ring (bicyclic) bond motifs is 2. The lowest BCUT2D eigenvalue weighted by atomic mass is 9.91. The van der Waals surface area contributed by atoms with Gasteiger partial charge in [0.15, 0.2) is 0 Å². The number of hydrogen-bond donors (Lipinski definition) is 3. The summed E-state index contributed by atoms with van der Waals surface area (Å²) in [6.07, 6.45) is 16.1. The van der Waals surface area contributed by atoms with Gasteiger partial charge in [-0.1, -0.05) is 30.4 Å². The van der Waals surface area contributed by atoms with Crippen LogP contribution in [-0.2, 0) is 11.3 Å². The Morgan fingerprint density at radius 1 is 1.19 bits per heavy atom. The van der Waals surface area contributed by atoms with Crippen LogP contribution in [0.15, 0.2) is 70.4 Å². The molecule has 3 fully saturated rings. The highest BCUT2D eigenvalue weighted by molar-refractivity contribution is 6.06. The predicted octanol–water partition coefficient (Wildman–Crippen LogP) is 4.18. The second-order valence-corrected chi connectivity index (χ2v) is 11.5. The summed E-state index contributed by atoms with van der Waals surface area (Å²) in [6.45, 7) is 0.737. The van der Waals surface area contributed by atoms with Crippen LogP contribution in [0.3, 0.4) is 0 Å². The fraction of sp³-hybridized carbons (Fsp3) is 0.433. The zero-order valence-corrected chi connectivity index (χ0v) is 20.7. The molecule has 2 aromatic rings. The molecule has 0 spiro atoms. The first kappa shape index (κ1) is 22.7. The van der Waals surface area contributed by atoms with Crippen molar-refractivity contribution in [1.29, 1.82) is 0 Å². The topological polar surface area (TPSA) is 104 Å². The molecule has 0 bridgehead atoms. The van der Waals surface area contributed by atoms with Crippen LogP contribution in [0.1, 0.15) is 55.3 Å². The minimum atomic E-state index is -0.711. The molecule has 1 atom stereocenters. The van der Waals surface area contributed by atoms with Crippen LogP contribution in [0.5, 0.6) is 0 Å². The number of aliphatic carboxylic acids is 1. The van der Waals surface area contributed by atoms with E-state index in [-0.39, 0.29) is 29.5 Å². The number of allylic oxidation sites excluding steroid dienone is 4. The van der Waals surface area contributed by atoms with Crippen molar-refractivity contribution < 1.29 is 19.8 Å². The van der Waals surface area contributed by atoms with Crippen LogP contribution in [-0.4, -0.2) is 51.1 Å². The Labute approximate surface area is 215 Å². The number of para-hydroxylation sites is 1. The Morgan fingerprint density at radius 2 is 2.03 bits per heavy atom. The van der Waals surface area contributed by atoms with Crippen molar-refractivity contribution in [3.05, 3.63) is 71.0 Å². The van der Waals surface area contributed by atoms with E-state index in [2.05, 4.69) is 28.1 Å². The summed E-state index contributed by atoms with van der Waals surface area (Å²) in [5.74, 6) is -0.824. The number of nitrogens with zero attached hydrogens (tertiary/aromatic N) is 2. The van der Waals surface area contributed by atoms with Gasteiger partial charge >= 0.3 is 5.97 Å². The molecule has 1 aromatic carbocycles. The Balaban J connectivity index is 1.10. The first-order chi connectivity index (χ1) is 17.9. The molecule has 190 valence electrons. The first-order valence-electron chi connectivity index (χ1n) is 13.3. The minimum Gasteiger partial charge on any atom is -0.481 e. The van der Waals surface area contributed by atoms with Gasteiger partial charge in [0.25, 0.3) is 5.91 Å². The number of dihydropyridines is 1. The molecule has 7 nitrogen and oxygen atoms in total. The van der Waals surface area contributed by atoms with Crippen molar-refractivity contribution >= 4 is 29.0 Å². The molecule has 1 amide bonds. The molecule has 4 aliphatic carbocycles. The maximum atomic E-state index is 13.6. The second kappa shape index (κ2) is 7.78. The van der Waals surface area contributed by atoms with Crippen molar-refractivity contribution in [3.63, 3.8) is 0 Å². The number of carboxylic acid groups (broad SMARTS) is 1. The Kier molecular flexibility index (Phi) is 4.78. The number of carbonyl (C=O) groups excluding carboxylic acids is 1. The summed E-state index contributed by atoms with van der Waals surface area (Å²) in [5, 5.41) is 23.7. The number of carboxylic acids is 1. The molecule has 0 radical (unpaired) electrons. The van der Waals surface area contributed by atoms with Crippen molar-refractivity contribution in [1.82, 2.24) is 9.88 Å². The van der Waals surface area contributed by atoms with Crippen LogP contribution in [0.2, 0.25) is 0 Å². The lowest BCUT2D eigenvalue weighted by Crippen LogP contribution is -2.41. The standard InChI is InChI=1S/C30H31N3O4/c34-16-21-4-1-2-6-23(21)20-8-9-22(31-14-20)15-33-13-10-19-5-3-7-24(25(19)33)26(35)32-30(11-12-30)29-17-28(29,18-29)27(36)37/h2-3,5-8,10,13-14,22,34H,1,4,9,11-12,15-18H2,(H,32,35)(H,36,37). The van der Waals surface area contributed by atoms with E-state index in [1.54, 1.807) is 0 Å². The number of carbonyl (C=O) groups is 2. The number of hydrogen-bond acceptors (Lipinski definition) is 4. The van der Waals surface area contributed by atoms with E-state index in [0.717, 1.165) is 59.7 Å². The quantitative estimate of drug-likeness (QED) is 0.509. The van der Waals surface area contributed by atoms with E-state index in [0.29, 0.717) is 24.9 Å². The van der Waals surface area contributed by atoms with E-state index in [9.17, 15) is 19.8 Å². The molecule has 1 unspecified atom stereocenters. The number of rotatable bonds is 8. The molecule has 3 N–H and O–H groups in total. The molecule has 37 heavy (non-hydrogen) atoms. The third-order valence-corrected chi connectivity index (χ3v) is 9.56. The maximum absolute atomic E-state index is 13.6. The third kappa shape index (κ3) is 3.26. The fourth-order valence-corrected chi connectivity index (χ4v) is 7.04. The van der Waals surface area contributed by atoms with Crippen molar-refractivity contribution in [2.45, 2.75) is 63.1 Å². The summed E-state index contributed by atoms with van der Waals surface area (Å²) >= 11 is 0. The summed E-state index contributed by atoms with van der Waals surface area (Å²) < 4.78 is 2.12. The normalized spacial score (nSPS) is 30.6. The third-order valence-electron chi connectivity index (χ3n) is 9.56. The predicted molar refractivity (Wildman–Crippen MR) is 141 cm³/mol. The SMILES string of the molecule is O=C(NC1(C23CC2(C(=O)O)C3)CC1)c1cccc2ccn(CC3CC=C(C4=C(CO)CCC=C4)C=N3)c12. The fourth-order valence-electron chi connectivity index (χ4n) is 7.04. The van der Waals surface area contributed by atoms with Crippen molar-refractivity contribution in [3.8, 4) is 0 Å². The lowest BCUT2D eigenvalue weighted by Gasteiger charge is -2.22. The van der Waals surface area contributed by atoms with Crippen LogP contribution in [0.25, 0.3) is 10.9 Å². The van der Waals surface area contributed by atoms with Crippen molar-refractivity contribution in [2.24, 2.45) is 15.8 Å². The highest BCUT2D eigenvalue weighted by Crippen LogP contribution is 2.93. The summed E-state index contributed by atoms with van der Waals surface area (Å²) in [7, 11) is 0. The number of benzene rings is 1. The van der Waals surface area contributed by atoms with Gasteiger partial charge in [-0.3, -0.25) is 14.6 Å². The molecule has 3 saturated carbocycles. The van der Waals surface area contributed by atoms with Gasteiger partial charge in [0.1, 0.15) is 0 Å². The van der Waals surface area contributed by atoms with Gasteiger partial charge in [0.05, 0.1) is 29.1 Å². The number of aliphatic imine (C=N–C) groups is 1. The highest BCUT2D eigenvalue weighted by Gasteiger charge is 2.95. The first-order valence-corrected chi connectivity index (χ1v) is 13.3. The number of nitrogens with one attached hydrogen (secondary N) is 1. The Morgan fingerprint density at radius 3 is 2.70 bits per heavy atom. The van der Waals surface area contributed by atoms with E-state index in [1.165, 1.54) is 0 Å². The van der Waals surface area contributed by atoms with Crippen LogP contribution in [0.4, 0.5) is 0 Å². The molecular weight excluding hydrogens is 466 g/mol. The summed E-state index contributed by atoms with van der Waals surface area (Å²) in [4.78, 5) is 30.1. The molecule has 1 aliphatic heterocycles. The van der Waals surface area contributed by atoms with Gasteiger partial charge < -0.3 is 20.1 Å². The van der Waals surface area contributed by atoms with Crippen LogP contribution < -0.4 is 5.32 Å².